The van der Waals surface area contributed by atoms with Crippen LogP contribution in [-0.2, 0) is 17.9 Å². The van der Waals surface area contributed by atoms with Gasteiger partial charge >= 0.3 is 0 Å². The van der Waals surface area contributed by atoms with Crippen molar-refractivity contribution in [2.24, 2.45) is 0 Å². The van der Waals surface area contributed by atoms with Crippen LogP contribution in [0.4, 0.5) is 14.5 Å². The number of piperazine rings is 1. The lowest BCUT2D eigenvalue weighted by molar-refractivity contribution is -0.121. The first-order chi connectivity index (χ1) is 14.0. The lowest BCUT2D eigenvalue weighted by Crippen LogP contribution is -2.44. The Morgan fingerprint density at radius 2 is 1.90 bits per heavy atom. The fourth-order valence-corrected chi connectivity index (χ4v) is 3.71. The Hall–Kier alpha value is -3.00. The molecule has 1 saturated heterocycles. The summed E-state index contributed by atoms with van der Waals surface area (Å²) in [6, 6.07) is 10.2. The van der Waals surface area contributed by atoms with Gasteiger partial charge in [0.2, 0.25) is 5.91 Å². The number of rotatable bonds is 5. The molecule has 0 radical (unpaired) electrons. The summed E-state index contributed by atoms with van der Waals surface area (Å²) in [4.78, 5) is 19.1. The summed E-state index contributed by atoms with van der Waals surface area (Å²) in [7, 11) is 0. The van der Waals surface area contributed by atoms with E-state index in [0.29, 0.717) is 23.4 Å². The zero-order chi connectivity index (χ0) is 20.4. The van der Waals surface area contributed by atoms with Crippen LogP contribution in [-0.4, -0.2) is 41.6 Å². The Morgan fingerprint density at radius 3 is 2.69 bits per heavy atom. The maximum Gasteiger partial charge on any atom is 0.240 e. The van der Waals surface area contributed by atoms with Gasteiger partial charge in [0.25, 0.3) is 0 Å². The number of aromatic nitrogens is 2. The van der Waals surface area contributed by atoms with E-state index in [-0.39, 0.29) is 12.5 Å². The summed E-state index contributed by atoms with van der Waals surface area (Å²) in [6.45, 7) is 5.82. The van der Waals surface area contributed by atoms with Crippen LogP contribution >= 0.6 is 0 Å². The number of imidazole rings is 1. The molecular weight excluding hydrogens is 376 g/mol. The second-order valence-electron chi connectivity index (χ2n) is 7.14. The lowest BCUT2D eigenvalue weighted by Gasteiger charge is -2.31. The SMILES string of the molecule is Cc1nc2cc(F)c(F)cc2n1CC(=O)NCc1ccccc1N1CCNCC1. The minimum absolute atomic E-state index is 0.0107. The summed E-state index contributed by atoms with van der Waals surface area (Å²) in [5.74, 6) is -1.59. The highest BCUT2D eigenvalue weighted by Gasteiger charge is 2.16. The van der Waals surface area contributed by atoms with Crippen LogP contribution in [0, 0.1) is 18.6 Å². The molecule has 2 N–H and O–H groups in total. The highest BCUT2D eigenvalue weighted by molar-refractivity contribution is 5.81. The van der Waals surface area contributed by atoms with Crippen molar-refractivity contribution in [3.8, 4) is 0 Å². The van der Waals surface area contributed by atoms with Crippen molar-refractivity contribution in [3.63, 3.8) is 0 Å². The van der Waals surface area contributed by atoms with Crippen molar-refractivity contribution in [2.45, 2.75) is 20.0 Å². The van der Waals surface area contributed by atoms with Gasteiger partial charge in [-0.25, -0.2) is 13.8 Å². The second-order valence-corrected chi connectivity index (χ2v) is 7.14. The lowest BCUT2D eigenvalue weighted by atomic mass is 10.1. The van der Waals surface area contributed by atoms with Crippen molar-refractivity contribution in [1.29, 1.82) is 0 Å². The van der Waals surface area contributed by atoms with Gasteiger partial charge in [-0.05, 0) is 18.6 Å². The van der Waals surface area contributed by atoms with Crippen molar-refractivity contribution >= 4 is 22.6 Å². The van der Waals surface area contributed by atoms with E-state index in [9.17, 15) is 13.6 Å². The van der Waals surface area contributed by atoms with Gasteiger partial charge in [0, 0.05) is 50.5 Å². The van der Waals surface area contributed by atoms with Crippen molar-refractivity contribution in [3.05, 3.63) is 59.4 Å². The quantitative estimate of drug-likeness (QED) is 0.692. The smallest absolute Gasteiger partial charge is 0.240 e. The average molecular weight is 399 g/mol. The molecule has 1 aliphatic rings. The van der Waals surface area contributed by atoms with Crippen LogP contribution in [0.5, 0.6) is 0 Å². The second kappa shape index (κ2) is 8.16. The number of nitrogens with zero attached hydrogens (tertiary/aromatic N) is 3. The van der Waals surface area contributed by atoms with Gasteiger partial charge in [0.05, 0.1) is 11.0 Å². The maximum atomic E-state index is 13.6. The number of benzene rings is 2. The third-order valence-corrected chi connectivity index (χ3v) is 5.21. The largest absolute Gasteiger partial charge is 0.369 e. The fourth-order valence-electron chi connectivity index (χ4n) is 3.71. The molecule has 1 fully saturated rings. The van der Waals surface area contributed by atoms with Crippen LogP contribution in [0.15, 0.2) is 36.4 Å². The normalized spacial score (nSPS) is 14.4. The topological polar surface area (TPSA) is 62.2 Å². The third kappa shape index (κ3) is 4.07. The van der Waals surface area contributed by atoms with Crippen LogP contribution in [0.3, 0.4) is 0 Å². The first-order valence-electron chi connectivity index (χ1n) is 9.65. The molecule has 0 aliphatic carbocycles. The molecule has 3 aromatic rings. The number of aryl methyl sites for hydroxylation is 1. The Kier molecular flexibility index (Phi) is 5.44. The first kappa shape index (κ1) is 19.3. The fraction of sp³-hybridized carbons (Fsp3) is 0.333. The van der Waals surface area contributed by atoms with E-state index in [0.717, 1.165) is 49.6 Å². The zero-order valence-electron chi connectivity index (χ0n) is 16.2. The molecule has 1 aromatic heterocycles. The minimum atomic E-state index is -0.955. The average Bonchev–Trinajstić information content (AvgIpc) is 3.02. The maximum absolute atomic E-state index is 13.6. The van der Waals surface area contributed by atoms with Gasteiger partial charge in [0.15, 0.2) is 11.6 Å². The summed E-state index contributed by atoms with van der Waals surface area (Å²) >= 11 is 0. The number of carbonyl (C=O) groups excluding carboxylic acids is 1. The predicted octanol–water partition coefficient (Wildman–Crippen LogP) is 2.35. The van der Waals surface area contributed by atoms with Crippen molar-refractivity contribution in [2.75, 3.05) is 31.1 Å². The molecule has 0 spiro atoms. The van der Waals surface area contributed by atoms with E-state index >= 15 is 0 Å². The number of fused-ring (bicyclic) bond motifs is 1. The van der Waals surface area contributed by atoms with E-state index in [1.54, 1.807) is 11.5 Å². The molecule has 0 bridgehead atoms. The first-order valence-corrected chi connectivity index (χ1v) is 9.65. The molecule has 8 heteroatoms. The number of para-hydroxylation sites is 1. The summed E-state index contributed by atoms with van der Waals surface area (Å²) < 4.78 is 28.7. The number of hydrogen-bond acceptors (Lipinski definition) is 4. The van der Waals surface area contributed by atoms with Crippen molar-refractivity contribution in [1.82, 2.24) is 20.2 Å². The van der Waals surface area contributed by atoms with Crippen LogP contribution in [0.1, 0.15) is 11.4 Å². The van der Waals surface area contributed by atoms with Gasteiger partial charge in [0.1, 0.15) is 12.4 Å². The van der Waals surface area contributed by atoms with Gasteiger partial charge in [-0.2, -0.15) is 0 Å². The standard InChI is InChI=1S/C21H23F2N5O/c1-14-26-18-10-16(22)17(23)11-20(18)28(14)13-21(29)25-12-15-4-2-3-5-19(15)27-8-6-24-7-9-27/h2-5,10-11,24H,6-9,12-13H2,1H3,(H,25,29). The molecule has 0 atom stereocenters. The molecular formula is C21H23F2N5O. The number of hydrogen-bond donors (Lipinski definition) is 2. The van der Waals surface area contributed by atoms with Crippen LogP contribution < -0.4 is 15.5 Å². The summed E-state index contributed by atoms with van der Waals surface area (Å²) in [6.07, 6.45) is 0. The van der Waals surface area contributed by atoms with Gasteiger partial charge in [-0.1, -0.05) is 18.2 Å². The van der Waals surface area contributed by atoms with Gasteiger partial charge < -0.3 is 20.1 Å². The minimum Gasteiger partial charge on any atom is -0.369 e. The van der Waals surface area contributed by atoms with Crippen molar-refractivity contribution < 1.29 is 13.6 Å². The number of amides is 1. The summed E-state index contributed by atoms with van der Waals surface area (Å²) in [5, 5.41) is 6.27. The molecule has 1 amide bonds. The Morgan fingerprint density at radius 1 is 1.17 bits per heavy atom. The third-order valence-electron chi connectivity index (χ3n) is 5.21. The number of halogens is 2. The molecule has 1 aliphatic heterocycles. The summed E-state index contributed by atoms with van der Waals surface area (Å²) in [5.41, 5.74) is 2.90. The monoisotopic (exact) mass is 399 g/mol. The van der Waals surface area contributed by atoms with E-state index in [2.05, 4.69) is 26.6 Å². The van der Waals surface area contributed by atoms with Crippen LogP contribution in [0.25, 0.3) is 11.0 Å². The molecule has 0 saturated carbocycles. The van der Waals surface area contributed by atoms with Crippen LogP contribution in [0.2, 0.25) is 0 Å². The number of anilines is 1. The molecule has 0 unspecified atom stereocenters. The number of nitrogens with one attached hydrogen (secondary N) is 2. The predicted molar refractivity (Wildman–Crippen MR) is 108 cm³/mol. The Labute approximate surface area is 167 Å². The van der Waals surface area contributed by atoms with E-state index in [4.69, 9.17) is 0 Å². The molecule has 29 heavy (non-hydrogen) atoms. The highest BCUT2D eigenvalue weighted by Crippen LogP contribution is 2.22. The van der Waals surface area contributed by atoms with E-state index < -0.39 is 11.6 Å². The molecule has 2 heterocycles. The number of carbonyl (C=O) groups is 1. The molecule has 152 valence electrons. The van der Waals surface area contributed by atoms with E-state index in [1.807, 2.05) is 18.2 Å². The van der Waals surface area contributed by atoms with E-state index in [1.165, 1.54) is 0 Å². The highest BCUT2D eigenvalue weighted by atomic mass is 19.2. The van der Waals surface area contributed by atoms with Gasteiger partial charge in [-0.3, -0.25) is 4.79 Å². The Balaban J connectivity index is 1.47. The zero-order valence-corrected chi connectivity index (χ0v) is 16.2. The van der Waals surface area contributed by atoms with Gasteiger partial charge in [-0.15, -0.1) is 0 Å². The Bertz CT molecular complexity index is 1040. The molecule has 2 aromatic carbocycles. The molecule has 4 rings (SSSR count). The molecule has 6 nitrogen and oxygen atoms in total.